The van der Waals surface area contributed by atoms with E-state index in [0.29, 0.717) is 12.0 Å². The van der Waals surface area contributed by atoms with Crippen molar-refractivity contribution in [2.45, 2.75) is 52.6 Å². The van der Waals surface area contributed by atoms with Crippen LogP contribution in [0, 0.1) is 11.3 Å². The van der Waals surface area contributed by atoms with Crippen LogP contribution in [0.25, 0.3) is 0 Å². The lowest BCUT2D eigenvalue weighted by atomic mass is 9.72. The highest BCUT2D eigenvalue weighted by atomic mass is 16.5. The number of hydrogen-bond acceptors (Lipinski definition) is 2. The Morgan fingerprint density at radius 1 is 1.40 bits per heavy atom. The van der Waals surface area contributed by atoms with Gasteiger partial charge in [-0.05, 0) is 25.7 Å². The van der Waals surface area contributed by atoms with Crippen LogP contribution >= 0.6 is 0 Å². The normalized spacial score (nSPS) is 33.2. The predicted octanol–water partition coefficient (Wildman–Crippen LogP) is 3.25. The standard InChI is InChI=1S/C13H26O2/c1-5-11(3)13(10-15-6-2)9-7-8-12(13)14-4/h11-12H,5-10H2,1-4H3. The van der Waals surface area contributed by atoms with E-state index in [0.717, 1.165) is 13.2 Å². The molecule has 0 N–H and O–H groups in total. The summed E-state index contributed by atoms with van der Waals surface area (Å²) in [7, 11) is 1.85. The van der Waals surface area contributed by atoms with Crippen LogP contribution < -0.4 is 0 Å². The Balaban J connectivity index is 2.74. The summed E-state index contributed by atoms with van der Waals surface area (Å²) in [5.41, 5.74) is 0.277. The summed E-state index contributed by atoms with van der Waals surface area (Å²) < 4.78 is 11.4. The van der Waals surface area contributed by atoms with Crippen molar-refractivity contribution in [1.29, 1.82) is 0 Å². The minimum absolute atomic E-state index is 0.277. The third kappa shape index (κ3) is 2.54. The topological polar surface area (TPSA) is 18.5 Å². The van der Waals surface area contributed by atoms with Gasteiger partial charge in [0.05, 0.1) is 12.7 Å². The summed E-state index contributed by atoms with van der Waals surface area (Å²) in [5.74, 6) is 0.691. The Hall–Kier alpha value is -0.0800. The van der Waals surface area contributed by atoms with Crippen molar-refractivity contribution in [2.75, 3.05) is 20.3 Å². The molecule has 0 heterocycles. The Morgan fingerprint density at radius 2 is 2.13 bits per heavy atom. The fraction of sp³-hybridized carbons (Fsp3) is 1.00. The van der Waals surface area contributed by atoms with Crippen molar-refractivity contribution in [2.24, 2.45) is 11.3 Å². The van der Waals surface area contributed by atoms with Crippen LogP contribution in [0.1, 0.15) is 46.5 Å². The van der Waals surface area contributed by atoms with Gasteiger partial charge in [-0.1, -0.05) is 26.7 Å². The molecule has 2 nitrogen and oxygen atoms in total. The van der Waals surface area contributed by atoms with Crippen LogP contribution in [0.15, 0.2) is 0 Å². The van der Waals surface area contributed by atoms with Crippen molar-refractivity contribution in [3.05, 3.63) is 0 Å². The van der Waals surface area contributed by atoms with Crippen molar-refractivity contribution in [3.63, 3.8) is 0 Å². The first kappa shape index (κ1) is 13.0. The third-order valence-corrected chi connectivity index (χ3v) is 4.20. The second kappa shape index (κ2) is 5.86. The lowest BCUT2D eigenvalue weighted by Crippen LogP contribution is -2.41. The fourth-order valence-corrected chi connectivity index (χ4v) is 2.99. The Labute approximate surface area is 94.3 Å². The maximum Gasteiger partial charge on any atom is 0.0652 e. The summed E-state index contributed by atoms with van der Waals surface area (Å²) in [6.45, 7) is 8.37. The van der Waals surface area contributed by atoms with Gasteiger partial charge in [-0.2, -0.15) is 0 Å². The Morgan fingerprint density at radius 3 is 2.67 bits per heavy atom. The monoisotopic (exact) mass is 214 g/mol. The molecule has 0 spiro atoms. The van der Waals surface area contributed by atoms with E-state index in [4.69, 9.17) is 9.47 Å². The summed E-state index contributed by atoms with van der Waals surface area (Å²) >= 11 is 0. The highest BCUT2D eigenvalue weighted by molar-refractivity contribution is 4.96. The van der Waals surface area contributed by atoms with Crippen LogP contribution in [-0.4, -0.2) is 26.4 Å². The first-order valence-electron chi connectivity index (χ1n) is 6.31. The highest BCUT2D eigenvalue weighted by Crippen LogP contribution is 2.47. The van der Waals surface area contributed by atoms with E-state index in [1.807, 2.05) is 7.11 Å². The van der Waals surface area contributed by atoms with Crippen LogP contribution in [0.5, 0.6) is 0 Å². The molecule has 3 unspecified atom stereocenters. The zero-order chi connectivity index (χ0) is 11.3. The van der Waals surface area contributed by atoms with Gasteiger partial charge in [0.15, 0.2) is 0 Å². The molecule has 0 bridgehead atoms. The second-order valence-corrected chi connectivity index (χ2v) is 4.80. The highest BCUT2D eigenvalue weighted by Gasteiger charge is 2.46. The van der Waals surface area contributed by atoms with Gasteiger partial charge in [0.1, 0.15) is 0 Å². The van der Waals surface area contributed by atoms with Crippen molar-refractivity contribution >= 4 is 0 Å². The first-order valence-corrected chi connectivity index (χ1v) is 6.31. The lowest BCUT2D eigenvalue weighted by Gasteiger charge is -2.39. The van der Waals surface area contributed by atoms with E-state index in [2.05, 4.69) is 20.8 Å². The maximum atomic E-state index is 5.70. The Kier molecular flexibility index (Phi) is 5.07. The van der Waals surface area contributed by atoms with Crippen LogP contribution in [-0.2, 0) is 9.47 Å². The third-order valence-electron chi connectivity index (χ3n) is 4.20. The number of ether oxygens (including phenoxy) is 2. The van der Waals surface area contributed by atoms with Crippen molar-refractivity contribution in [3.8, 4) is 0 Å². The van der Waals surface area contributed by atoms with E-state index in [-0.39, 0.29) is 5.41 Å². The fourth-order valence-electron chi connectivity index (χ4n) is 2.99. The second-order valence-electron chi connectivity index (χ2n) is 4.80. The van der Waals surface area contributed by atoms with Gasteiger partial charge in [-0.15, -0.1) is 0 Å². The largest absolute Gasteiger partial charge is 0.381 e. The molecule has 0 aromatic heterocycles. The molecule has 0 amide bonds. The molecule has 0 aromatic rings. The van der Waals surface area contributed by atoms with Crippen LogP contribution in [0.4, 0.5) is 0 Å². The van der Waals surface area contributed by atoms with Crippen LogP contribution in [0.2, 0.25) is 0 Å². The molecule has 0 aromatic carbocycles. The molecule has 15 heavy (non-hydrogen) atoms. The van der Waals surface area contributed by atoms with Crippen molar-refractivity contribution < 1.29 is 9.47 Å². The molecular formula is C13H26O2. The molecule has 0 saturated heterocycles. The van der Waals surface area contributed by atoms with Gasteiger partial charge in [0.2, 0.25) is 0 Å². The Bertz CT molecular complexity index is 181. The van der Waals surface area contributed by atoms with Gasteiger partial charge in [0, 0.05) is 19.1 Å². The van der Waals surface area contributed by atoms with Crippen molar-refractivity contribution in [1.82, 2.24) is 0 Å². The summed E-state index contributed by atoms with van der Waals surface area (Å²) in [6, 6.07) is 0. The summed E-state index contributed by atoms with van der Waals surface area (Å²) in [4.78, 5) is 0. The smallest absolute Gasteiger partial charge is 0.0652 e. The molecule has 3 atom stereocenters. The minimum atomic E-state index is 0.277. The molecule has 1 saturated carbocycles. The van der Waals surface area contributed by atoms with Gasteiger partial charge >= 0.3 is 0 Å². The van der Waals surface area contributed by atoms with E-state index in [1.54, 1.807) is 0 Å². The molecule has 1 aliphatic rings. The molecule has 1 rings (SSSR count). The van der Waals surface area contributed by atoms with E-state index in [9.17, 15) is 0 Å². The van der Waals surface area contributed by atoms with E-state index < -0.39 is 0 Å². The van der Waals surface area contributed by atoms with Gasteiger partial charge in [-0.25, -0.2) is 0 Å². The molecule has 0 radical (unpaired) electrons. The molecular weight excluding hydrogens is 188 g/mol. The molecule has 0 aliphatic heterocycles. The van der Waals surface area contributed by atoms with Gasteiger partial charge < -0.3 is 9.47 Å². The molecule has 1 aliphatic carbocycles. The average molecular weight is 214 g/mol. The number of hydrogen-bond donors (Lipinski definition) is 0. The molecule has 90 valence electrons. The molecule has 1 fully saturated rings. The zero-order valence-electron chi connectivity index (χ0n) is 10.7. The zero-order valence-corrected chi connectivity index (χ0v) is 10.7. The predicted molar refractivity (Wildman–Crippen MR) is 63.0 cm³/mol. The quantitative estimate of drug-likeness (QED) is 0.675. The summed E-state index contributed by atoms with van der Waals surface area (Å²) in [5, 5.41) is 0. The van der Waals surface area contributed by atoms with Gasteiger partial charge in [-0.3, -0.25) is 0 Å². The summed E-state index contributed by atoms with van der Waals surface area (Å²) in [6.07, 6.45) is 5.37. The molecule has 2 heteroatoms. The minimum Gasteiger partial charge on any atom is -0.381 e. The number of rotatable bonds is 6. The van der Waals surface area contributed by atoms with Crippen LogP contribution in [0.3, 0.4) is 0 Å². The van der Waals surface area contributed by atoms with E-state index >= 15 is 0 Å². The number of methoxy groups -OCH3 is 1. The van der Waals surface area contributed by atoms with Gasteiger partial charge in [0.25, 0.3) is 0 Å². The first-order chi connectivity index (χ1) is 7.21. The SMILES string of the molecule is CCOCC1(C(C)CC)CCCC1OC. The lowest BCUT2D eigenvalue weighted by molar-refractivity contribution is -0.0740. The maximum absolute atomic E-state index is 5.70. The average Bonchev–Trinajstić information content (AvgIpc) is 2.69. The van der Waals surface area contributed by atoms with E-state index in [1.165, 1.54) is 25.7 Å².